The number of nitrogens with one attached hydrogen (secondary N) is 1. The lowest BCUT2D eigenvalue weighted by atomic mass is 9.96. The minimum atomic E-state index is 0.451. The van der Waals surface area contributed by atoms with Crippen LogP contribution in [-0.2, 0) is 6.42 Å². The average Bonchev–Trinajstić information content (AvgIpc) is 2.50. The van der Waals surface area contributed by atoms with E-state index >= 15 is 0 Å². The van der Waals surface area contributed by atoms with E-state index in [2.05, 4.69) is 74.6 Å². The van der Waals surface area contributed by atoms with Crippen LogP contribution in [0.15, 0.2) is 48.5 Å². The van der Waals surface area contributed by atoms with Crippen molar-refractivity contribution in [3.8, 4) is 0 Å². The fourth-order valence-corrected chi connectivity index (χ4v) is 2.82. The Balaban J connectivity index is 2.05. The maximum Gasteiger partial charge on any atom is 0.0323 e. The highest BCUT2D eigenvalue weighted by molar-refractivity contribution is 5.31. The maximum absolute atomic E-state index is 3.69. The summed E-state index contributed by atoms with van der Waals surface area (Å²) in [6, 6.07) is 18.1. The Bertz CT molecular complexity index is 545. The van der Waals surface area contributed by atoms with Gasteiger partial charge in [0.2, 0.25) is 0 Å². The van der Waals surface area contributed by atoms with Crippen LogP contribution >= 0.6 is 0 Å². The van der Waals surface area contributed by atoms with Gasteiger partial charge in [-0.2, -0.15) is 0 Å². The minimum absolute atomic E-state index is 0.451. The zero-order valence-corrected chi connectivity index (χ0v) is 13.5. The van der Waals surface area contributed by atoms with Crippen molar-refractivity contribution in [3.63, 3.8) is 0 Å². The smallest absolute Gasteiger partial charge is 0.0323 e. The van der Waals surface area contributed by atoms with Gasteiger partial charge in [0.25, 0.3) is 0 Å². The highest BCUT2D eigenvalue weighted by Gasteiger charge is 2.11. The third-order valence-electron chi connectivity index (χ3n) is 4.04. The van der Waals surface area contributed by atoms with E-state index in [4.69, 9.17) is 0 Å². The molecule has 2 rings (SSSR count). The summed E-state index contributed by atoms with van der Waals surface area (Å²) in [7, 11) is 0. The first kappa shape index (κ1) is 15.8. The molecule has 21 heavy (non-hydrogen) atoms. The molecule has 2 aromatic rings. The van der Waals surface area contributed by atoms with E-state index in [1.807, 2.05) is 0 Å². The van der Waals surface area contributed by atoms with Gasteiger partial charge in [-0.05, 0) is 56.3 Å². The standard InChI is InChI=1S/C20H27N/c1-4-14-21-20(19-8-6-5-7-9-19)13-12-18-11-10-16(2)15-17(18)3/h5-11,15,20-21H,4,12-14H2,1-3H3. The molecule has 0 aliphatic heterocycles. The van der Waals surface area contributed by atoms with Crippen LogP contribution in [0.2, 0.25) is 0 Å². The molecule has 0 bridgehead atoms. The van der Waals surface area contributed by atoms with Gasteiger partial charge in [-0.15, -0.1) is 0 Å². The van der Waals surface area contributed by atoms with Gasteiger partial charge in [0.15, 0.2) is 0 Å². The van der Waals surface area contributed by atoms with Gasteiger partial charge in [-0.25, -0.2) is 0 Å². The summed E-state index contributed by atoms with van der Waals surface area (Å²) in [5.74, 6) is 0. The van der Waals surface area contributed by atoms with Crippen LogP contribution < -0.4 is 5.32 Å². The monoisotopic (exact) mass is 281 g/mol. The van der Waals surface area contributed by atoms with E-state index in [1.54, 1.807) is 0 Å². The summed E-state index contributed by atoms with van der Waals surface area (Å²) in [5, 5.41) is 3.69. The van der Waals surface area contributed by atoms with Gasteiger partial charge in [-0.1, -0.05) is 61.0 Å². The van der Waals surface area contributed by atoms with Crippen LogP contribution in [0.3, 0.4) is 0 Å². The van der Waals surface area contributed by atoms with Gasteiger partial charge in [0.1, 0.15) is 0 Å². The zero-order chi connectivity index (χ0) is 15.1. The highest BCUT2D eigenvalue weighted by Crippen LogP contribution is 2.21. The summed E-state index contributed by atoms with van der Waals surface area (Å²) >= 11 is 0. The van der Waals surface area contributed by atoms with Gasteiger partial charge in [0.05, 0.1) is 0 Å². The lowest BCUT2D eigenvalue weighted by Gasteiger charge is -2.19. The Morgan fingerprint density at radius 3 is 2.43 bits per heavy atom. The third-order valence-corrected chi connectivity index (χ3v) is 4.04. The van der Waals surface area contributed by atoms with Crippen molar-refractivity contribution in [1.82, 2.24) is 5.32 Å². The van der Waals surface area contributed by atoms with Crippen molar-refractivity contribution in [2.24, 2.45) is 0 Å². The molecule has 1 unspecified atom stereocenters. The molecule has 112 valence electrons. The molecular formula is C20H27N. The summed E-state index contributed by atoms with van der Waals surface area (Å²) in [4.78, 5) is 0. The number of hydrogen-bond acceptors (Lipinski definition) is 1. The lowest BCUT2D eigenvalue weighted by Crippen LogP contribution is -2.22. The van der Waals surface area contributed by atoms with Crippen LogP contribution in [0, 0.1) is 13.8 Å². The van der Waals surface area contributed by atoms with E-state index in [9.17, 15) is 0 Å². The van der Waals surface area contributed by atoms with Crippen LogP contribution in [-0.4, -0.2) is 6.54 Å². The molecule has 0 fully saturated rings. The van der Waals surface area contributed by atoms with E-state index in [0.717, 1.165) is 19.4 Å². The first-order valence-electron chi connectivity index (χ1n) is 8.05. The fraction of sp³-hybridized carbons (Fsp3) is 0.400. The molecule has 1 heteroatoms. The van der Waals surface area contributed by atoms with E-state index in [1.165, 1.54) is 28.7 Å². The van der Waals surface area contributed by atoms with Gasteiger partial charge >= 0.3 is 0 Å². The highest BCUT2D eigenvalue weighted by atomic mass is 14.9. The fourth-order valence-electron chi connectivity index (χ4n) is 2.82. The summed E-state index contributed by atoms with van der Waals surface area (Å²) in [6.07, 6.45) is 3.45. The lowest BCUT2D eigenvalue weighted by molar-refractivity contribution is 0.499. The summed E-state index contributed by atoms with van der Waals surface area (Å²) < 4.78 is 0. The van der Waals surface area contributed by atoms with Crippen molar-refractivity contribution in [3.05, 3.63) is 70.8 Å². The van der Waals surface area contributed by atoms with Crippen LogP contribution in [0.4, 0.5) is 0 Å². The minimum Gasteiger partial charge on any atom is -0.310 e. The molecule has 0 aliphatic rings. The number of rotatable bonds is 7. The van der Waals surface area contributed by atoms with Gasteiger partial charge < -0.3 is 5.32 Å². The van der Waals surface area contributed by atoms with E-state index in [0.29, 0.717) is 6.04 Å². The maximum atomic E-state index is 3.69. The van der Waals surface area contributed by atoms with Crippen LogP contribution in [0.1, 0.15) is 48.1 Å². The number of hydrogen-bond donors (Lipinski definition) is 1. The van der Waals surface area contributed by atoms with Crippen molar-refractivity contribution < 1.29 is 0 Å². The van der Waals surface area contributed by atoms with Gasteiger partial charge in [0, 0.05) is 6.04 Å². The number of benzene rings is 2. The molecule has 0 radical (unpaired) electrons. The molecule has 0 saturated carbocycles. The van der Waals surface area contributed by atoms with Crippen molar-refractivity contribution in [2.75, 3.05) is 6.54 Å². The quantitative estimate of drug-likeness (QED) is 0.755. The topological polar surface area (TPSA) is 12.0 Å². The Morgan fingerprint density at radius 1 is 1.00 bits per heavy atom. The van der Waals surface area contributed by atoms with Crippen molar-refractivity contribution in [2.45, 2.75) is 46.1 Å². The SMILES string of the molecule is CCCNC(CCc1ccc(C)cc1C)c1ccccc1. The molecule has 1 atom stereocenters. The average molecular weight is 281 g/mol. The first-order valence-corrected chi connectivity index (χ1v) is 8.05. The van der Waals surface area contributed by atoms with Crippen molar-refractivity contribution >= 4 is 0 Å². The Hall–Kier alpha value is -1.60. The molecule has 0 amide bonds. The van der Waals surface area contributed by atoms with Gasteiger partial charge in [-0.3, -0.25) is 0 Å². The number of aryl methyl sites for hydroxylation is 3. The van der Waals surface area contributed by atoms with Crippen molar-refractivity contribution in [1.29, 1.82) is 0 Å². The molecule has 2 aromatic carbocycles. The molecule has 0 heterocycles. The Morgan fingerprint density at radius 2 is 1.76 bits per heavy atom. The predicted molar refractivity (Wildman–Crippen MR) is 91.7 cm³/mol. The molecule has 0 aromatic heterocycles. The third kappa shape index (κ3) is 4.71. The molecule has 1 nitrogen and oxygen atoms in total. The summed E-state index contributed by atoms with van der Waals surface area (Å²) in [5.41, 5.74) is 5.63. The normalized spacial score (nSPS) is 12.3. The second-order valence-corrected chi connectivity index (χ2v) is 5.89. The zero-order valence-electron chi connectivity index (χ0n) is 13.5. The molecule has 0 saturated heterocycles. The molecular weight excluding hydrogens is 254 g/mol. The van der Waals surface area contributed by atoms with E-state index in [-0.39, 0.29) is 0 Å². The molecule has 1 N–H and O–H groups in total. The predicted octanol–water partition coefficient (Wildman–Crippen LogP) is 4.98. The molecule has 0 aliphatic carbocycles. The second-order valence-electron chi connectivity index (χ2n) is 5.89. The first-order chi connectivity index (χ1) is 10.2. The van der Waals surface area contributed by atoms with Crippen LogP contribution in [0.25, 0.3) is 0 Å². The van der Waals surface area contributed by atoms with Crippen LogP contribution in [0.5, 0.6) is 0 Å². The second kappa shape index (κ2) is 7.99. The largest absolute Gasteiger partial charge is 0.310 e. The molecule has 0 spiro atoms. The Kier molecular flexibility index (Phi) is 6.01. The Labute approximate surface area is 129 Å². The summed E-state index contributed by atoms with van der Waals surface area (Å²) in [6.45, 7) is 7.68. The van der Waals surface area contributed by atoms with E-state index < -0.39 is 0 Å².